The molecule has 11 rings (SSSR count). The fourth-order valence-electron chi connectivity index (χ4n) is 12.3. The van der Waals surface area contributed by atoms with Gasteiger partial charge < -0.3 is 9.32 Å². The van der Waals surface area contributed by atoms with Crippen molar-refractivity contribution in [2.24, 2.45) is 0 Å². The summed E-state index contributed by atoms with van der Waals surface area (Å²) in [5.41, 5.74) is 20.0. The largest absolute Gasteiger partial charge is 0.456 e. The average molecular weight is 850 g/mol. The molecule has 0 fully saturated rings. The third-order valence-electron chi connectivity index (χ3n) is 15.2. The van der Waals surface area contributed by atoms with Crippen LogP contribution in [-0.4, -0.2) is 6.04 Å². The molecule has 0 amide bonds. The number of allylic oxidation sites excluding steroid dienone is 10. The highest BCUT2D eigenvalue weighted by atomic mass is 16.3. The lowest BCUT2D eigenvalue weighted by atomic mass is 9.63. The first-order valence-electron chi connectivity index (χ1n) is 24.4. The number of hydrogen-bond donors (Lipinski definition) is 0. The third kappa shape index (κ3) is 6.90. The van der Waals surface area contributed by atoms with Gasteiger partial charge in [-0.25, -0.2) is 0 Å². The quantitative estimate of drug-likeness (QED) is 0.149. The van der Waals surface area contributed by atoms with Gasteiger partial charge in [0.1, 0.15) is 11.3 Å². The predicted molar refractivity (Wildman–Crippen MR) is 275 cm³/mol. The third-order valence-corrected chi connectivity index (χ3v) is 15.2. The van der Waals surface area contributed by atoms with Gasteiger partial charge in [-0.1, -0.05) is 193 Å². The van der Waals surface area contributed by atoms with Gasteiger partial charge in [0.15, 0.2) is 0 Å². The molecule has 0 saturated heterocycles. The van der Waals surface area contributed by atoms with Crippen LogP contribution in [0.4, 0.5) is 5.69 Å². The maximum absolute atomic E-state index is 6.47. The van der Waals surface area contributed by atoms with E-state index < -0.39 is 5.41 Å². The van der Waals surface area contributed by atoms with E-state index in [-0.39, 0.29) is 16.9 Å². The van der Waals surface area contributed by atoms with E-state index >= 15 is 0 Å². The van der Waals surface area contributed by atoms with Gasteiger partial charge in [-0.3, -0.25) is 0 Å². The maximum atomic E-state index is 6.47. The lowest BCUT2D eigenvalue weighted by Crippen LogP contribution is -2.39. The molecule has 6 aromatic rings. The Balaban J connectivity index is 1.19. The SMILES string of the molecule is CC(C)(C)c1cc2c(c(N(C3=CC=C(c4ccccc4)CC3)C3C=CC(c4cccc5oc6c(c45)CCC=C6)CC3)c1C(C)(C)C)-c1ccccc1C2(C1=CC=CCC1)c1ccccc1. The molecular formula is C63H63NO. The van der Waals surface area contributed by atoms with Gasteiger partial charge in [-0.2, -0.15) is 0 Å². The smallest absolute Gasteiger partial charge is 0.135 e. The molecule has 0 saturated carbocycles. The molecule has 2 nitrogen and oxygen atoms in total. The van der Waals surface area contributed by atoms with Crippen molar-refractivity contribution in [3.63, 3.8) is 0 Å². The number of aryl methyl sites for hydroxylation is 1. The first-order valence-corrected chi connectivity index (χ1v) is 24.4. The zero-order chi connectivity index (χ0) is 44.5. The van der Waals surface area contributed by atoms with Crippen LogP contribution in [0.1, 0.15) is 143 Å². The standard InChI is InChI=1S/C63H63NO/c1-61(2,3)54-41-53-58(50-27-16-18-30-52(50)63(53,45-23-12-8-13-24-45)46-25-14-9-15-26-46)60(59(54)62(4,5)6)64(47-37-33-43(34-38-47)42-21-10-7-11-22-42)48-39-35-44(36-40-48)49-29-20-32-56-57(49)51-28-17-19-31-55(51)65-56/h7-14,16,18-25,27,29-33,35,37,39,41,44,48H,15,17,26,28,34,36,38,40H2,1-6H3. The molecule has 3 atom stereocenters. The molecule has 5 aromatic carbocycles. The summed E-state index contributed by atoms with van der Waals surface area (Å²) >= 11 is 0. The molecule has 0 radical (unpaired) electrons. The summed E-state index contributed by atoms with van der Waals surface area (Å²) in [5.74, 6) is 1.37. The molecule has 326 valence electrons. The van der Waals surface area contributed by atoms with Crippen LogP contribution in [0.5, 0.6) is 0 Å². The van der Waals surface area contributed by atoms with E-state index in [9.17, 15) is 0 Å². The summed E-state index contributed by atoms with van der Waals surface area (Å²) in [5, 5.41) is 1.34. The Bertz CT molecular complexity index is 3000. The highest BCUT2D eigenvalue weighted by Crippen LogP contribution is 2.63. The number of nitrogens with zero attached hydrogens (tertiary/aromatic N) is 1. The van der Waals surface area contributed by atoms with Crippen molar-refractivity contribution in [1.29, 1.82) is 0 Å². The Morgan fingerprint density at radius 3 is 2.14 bits per heavy atom. The number of hydrogen-bond acceptors (Lipinski definition) is 2. The molecule has 3 unspecified atom stereocenters. The minimum absolute atomic E-state index is 0.122. The van der Waals surface area contributed by atoms with Crippen molar-refractivity contribution >= 4 is 28.3 Å². The van der Waals surface area contributed by atoms with Crippen LogP contribution < -0.4 is 4.90 Å². The molecule has 0 N–H and O–H groups in total. The predicted octanol–water partition coefficient (Wildman–Crippen LogP) is 16.6. The summed E-state index contributed by atoms with van der Waals surface area (Å²) in [4.78, 5) is 2.87. The van der Waals surface area contributed by atoms with Crippen LogP contribution in [0.3, 0.4) is 0 Å². The van der Waals surface area contributed by atoms with Crippen LogP contribution in [0, 0.1) is 0 Å². The van der Waals surface area contributed by atoms with Crippen LogP contribution in [0.25, 0.3) is 33.7 Å². The van der Waals surface area contributed by atoms with Gasteiger partial charge in [0.2, 0.25) is 0 Å². The molecule has 5 aliphatic carbocycles. The van der Waals surface area contributed by atoms with E-state index in [1.807, 2.05) is 0 Å². The molecule has 1 aromatic heterocycles. The molecule has 65 heavy (non-hydrogen) atoms. The number of fused-ring (bicyclic) bond motifs is 6. The van der Waals surface area contributed by atoms with Crippen molar-refractivity contribution < 1.29 is 4.42 Å². The average Bonchev–Trinajstić information content (AvgIpc) is 3.86. The number of rotatable bonds is 7. The summed E-state index contributed by atoms with van der Waals surface area (Å²) in [6.07, 6.45) is 29.9. The molecule has 0 spiro atoms. The lowest BCUT2D eigenvalue weighted by Gasteiger charge is -2.44. The Morgan fingerprint density at radius 1 is 0.662 bits per heavy atom. The van der Waals surface area contributed by atoms with Crippen molar-refractivity contribution in [3.8, 4) is 11.1 Å². The van der Waals surface area contributed by atoms with Crippen LogP contribution in [-0.2, 0) is 22.7 Å². The highest BCUT2D eigenvalue weighted by Gasteiger charge is 2.51. The monoisotopic (exact) mass is 849 g/mol. The second-order valence-electron chi connectivity index (χ2n) is 21.2. The molecule has 2 heteroatoms. The number of benzene rings is 5. The van der Waals surface area contributed by atoms with E-state index in [0.29, 0.717) is 5.92 Å². The molecular weight excluding hydrogens is 787 g/mol. The van der Waals surface area contributed by atoms with Crippen molar-refractivity contribution in [1.82, 2.24) is 0 Å². The normalized spacial score (nSPS) is 21.4. The molecule has 5 aliphatic rings. The summed E-state index contributed by atoms with van der Waals surface area (Å²) in [6.45, 7) is 14.7. The Morgan fingerprint density at radius 2 is 1.43 bits per heavy atom. The Labute approximate surface area is 387 Å². The lowest BCUT2D eigenvalue weighted by molar-refractivity contribution is 0.521. The fourth-order valence-corrected chi connectivity index (χ4v) is 12.3. The van der Waals surface area contributed by atoms with Crippen LogP contribution >= 0.6 is 0 Å². The van der Waals surface area contributed by atoms with E-state index in [2.05, 4.69) is 210 Å². The van der Waals surface area contributed by atoms with Gasteiger partial charge in [-0.05, 0) is 130 Å². The van der Waals surface area contributed by atoms with Gasteiger partial charge in [0, 0.05) is 28.1 Å². The fraction of sp³-hybridized carbons (Fsp3) is 0.302. The maximum Gasteiger partial charge on any atom is 0.135 e. The zero-order valence-electron chi connectivity index (χ0n) is 39.3. The zero-order valence-corrected chi connectivity index (χ0v) is 39.3. The van der Waals surface area contributed by atoms with Crippen molar-refractivity contribution in [2.75, 3.05) is 4.90 Å². The van der Waals surface area contributed by atoms with E-state index in [1.165, 1.54) is 83.6 Å². The van der Waals surface area contributed by atoms with Crippen molar-refractivity contribution in [3.05, 3.63) is 219 Å². The second kappa shape index (κ2) is 16.1. The minimum atomic E-state index is -0.429. The van der Waals surface area contributed by atoms with Crippen LogP contribution in [0.2, 0.25) is 0 Å². The summed E-state index contributed by atoms with van der Waals surface area (Å²) < 4.78 is 6.47. The Hall–Kier alpha value is -6.12. The van der Waals surface area contributed by atoms with Gasteiger partial charge in [0.25, 0.3) is 0 Å². The van der Waals surface area contributed by atoms with E-state index in [4.69, 9.17) is 4.42 Å². The van der Waals surface area contributed by atoms with Crippen LogP contribution in [0.15, 0.2) is 173 Å². The van der Waals surface area contributed by atoms with Crippen molar-refractivity contribution in [2.45, 2.75) is 121 Å². The number of furan rings is 1. The van der Waals surface area contributed by atoms with Gasteiger partial charge in [-0.15, -0.1) is 0 Å². The summed E-state index contributed by atoms with van der Waals surface area (Å²) in [6, 6.07) is 41.5. The topological polar surface area (TPSA) is 16.4 Å². The van der Waals surface area contributed by atoms with E-state index in [1.54, 1.807) is 0 Å². The molecule has 0 aliphatic heterocycles. The van der Waals surface area contributed by atoms with Gasteiger partial charge >= 0.3 is 0 Å². The first kappa shape index (κ1) is 41.6. The first-order chi connectivity index (χ1) is 31.5. The van der Waals surface area contributed by atoms with E-state index in [0.717, 1.165) is 62.7 Å². The molecule has 1 heterocycles. The molecule has 0 bridgehead atoms. The number of anilines is 1. The minimum Gasteiger partial charge on any atom is -0.456 e. The summed E-state index contributed by atoms with van der Waals surface area (Å²) in [7, 11) is 0. The second-order valence-corrected chi connectivity index (χ2v) is 21.2. The highest BCUT2D eigenvalue weighted by molar-refractivity contribution is 5.97. The Kier molecular flexibility index (Phi) is 10.3. The van der Waals surface area contributed by atoms with Gasteiger partial charge in [0.05, 0.1) is 17.1 Å².